The molecule has 0 heterocycles. The molecule has 0 atom stereocenters. The molecule has 0 spiro atoms. The van der Waals surface area contributed by atoms with Gasteiger partial charge in [0.2, 0.25) is 0 Å². The molecular weight excluding hydrogens is 1190 g/mol. The van der Waals surface area contributed by atoms with E-state index in [1.165, 1.54) is 245 Å². The lowest BCUT2D eigenvalue weighted by Crippen LogP contribution is -1.98. The average molecular weight is 1290 g/mol. The Morgan fingerprint density at radius 1 is 0.162 bits per heavy atom. The fourth-order valence-electron chi connectivity index (χ4n) is 17.0. The molecule has 6 aliphatic rings. The Labute approximate surface area is 594 Å². The van der Waals surface area contributed by atoms with Crippen molar-refractivity contribution in [2.75, 3.05) is 0 Å². The fraction of sp³-hybridized carbons (Fsp3) is 0.273. The van der Waals surface area contributed by atoms with E-state index in [0.717, 1.165) is 38.5 Å². The first kappa shape index (κ1) is 68.2. The molecule has 0 radical (unpaired) electrons. The number of rotatable bonds is 0. The summed E-state index contributed by atoms with van der Waals surface area (Å²) in [6, 6.07) is 60.9. The highest BCUT2D eigenvalue weighted by Crippen LogP contribution is 2.47. The summed E-state index contributed by atoms with van der Waals surface area (Å²) in [5.74, 6) is 0. The van der Waals surface area contributed by atoms with Crippen LogP contribution in [0.4, 0.5) is 0 Å². The highest BCUT2D eigenvalue weighted by atomic mass is 14.3. The van der Waals surface area contributed by atoms with Crippen molar-refractivity contribution in [1.29, 1.82) is 0 Å². The van der Waals surface area contributed by atoms with Gasteiger partial charge in [0.1, 0.15) is 0 Å². The molecule has 0 aliphatic heterocycles. The maximum absolute atomic E-state index is 2.37. The monoisotopic (exact) mass is 1290 g/mol. The minimum Gasteiger partial charge on any atom is -0.0619 e. The van der Waals surface area contributed by atoms with Crippen LogP contribution in [0.2, 0.25) is 0 Å². The van der Waals surface area contributed by atoms with Crippen LogP contribution in [0.25, 0.3) is 66.8 Å². The van der Waals surface area contributed by atoms with Crippen LogP contribution in [-0.2, 0) is 38.5 Å². The smallest absolute Gasteiger partial charge is 0.000810 e. The molecule has 0 aromatic heterocycles. The molecule has 6 aliphatic carbocycles. The quantitative estimate of drug-likeness (QED) is 0.142. The molecule has 0 unspecified atom stereocenters. The first-order chi connectivity index (χ1) is 47.3. The second-order valence-corrected chi connectivity index (χ2v) is 30.3. The minimum atomic E-state index is 1.11. The predicted molar refractivity (Wildman–Crippen MR) is 428 cm³/mol. The normalized spacial score (nSPS) is 12.5. The van der Waals surface area contributed by atoms with Gasteiger partial charge in [0, 0.05) is 0 Å². The van der Waals surface area contributed by atoms with Gasteiger partial charge in [-0.2, -0.15) is 0 Å². The summed E-state index contributed by atoms with van der Waals surface area (Å²) in [5, 5.41) is 0. The molecule has 0 N–H and O–H groups in total. The van der Waals surface area contributed by atoms with Gasteiger partial charge < -0.3 is 0 Å². The van der Waals surface area contributed by atoms with Crippen LogP contribution in [0, 0.1) is 145 Å². The molecule has 498 valence electrons. The van der Waals surface area contributed by atoms with Gasteiger partial charge in [-0.3, -0.25) is 0 Å². The van der Waals surface area contributed by atoms with E-state index in [2.05, 4.69) is 309 Å². The molecule has 0 fully saturated rings. The van der Waals surface area contributed by atoms with Gasteiger partial charge in [0.05, 0.1) is 0 Å². The van der Waals surface area contributed by atoms with Crippen LogP contribution in [0.3, 0.4) is 0 Å². The Morgan fingerprint density at radius 3 is 1.15 bits per heavy atom. The van der Waals surface area contributed by atoms with Gasteiger partial charge in [-0.05, 0) is 418 Å². The molecule has 0 saturated heterocycles. The van der Waals surface area contributed by atoms with Crippen LogP contribution in [0.5, 0.6) is 0 Å². The Balaban J connectivity index is 0.000000107. The third-order valence-electron chi connectivity index (χ3n) is 24.5. The SMILES string of the molecule is Cc1c(C)c(C)c2c(c1C)Cc1ccccc1-2.Cc1cc2c(c(C)c1C)Cc1cccc(C)c1-2.Cc1ccc2c(c1)-c1cc(C)c(C)c(C)c1C2.Cc1ccc2c(c1)-c1ccc(C)c(C)c1C2.Cc1ccc2c(c1)Cc1c-2ccc(C)c1C.Cc1ccc2c(c1C)Cc1c(C)cccc1-2. The zero-order valence-corrected chi connectivity index (χ0v) is 63.3. The summed E-state index contributed by atoms with van der Waals surface area (Å²) in [6.45, 7) is 46.7. The zero-order valence-electron chi connectivity index (χ0n) is 63.3. The standard InChI is InChI=1S/3C17H18.3C16H16/c1-10-5-6-14-9-15-13(4)12(3)11(2)8-17(15)16(14)7-10;1-10-6-5-7-14-9-15-13(4)12(3)11(2)8-16(15)17(10)14;1-10-11(2)13(4)17-15-8-6-5-7-14(15)9-16(17)12(10)3;1-10-4-6-14-13(8-10)9-16-12(3)11(2)5-7-15(14)16;1-10-4-6-13-9-15-12(3)11(2)5-7-14(15)16(13)8-10;1-10-7-8-14-13-6-4-5-11(2)15(13)9-16(14)12(10)3/h3*5-8H,9H2,1-4H3;3*4-8H,9H2,1-3H3. The second-order valence-electron chi connectivity index (χ2n) is 30.3. The minimum absolute atomic E-state index is 1.11. The molecule has 0 bridgehead atoms. The summed E-state index contributed by atoms with van der Waals surface area (Å²) >= 11 is 0. The van der Waals surface area contributed by atoms with Gasteiger partial charge in [0.15, 0.2) is 0 Å². The summed E-state index contributed by atoms with van der Waals surface area (Å²) in [4.78, 5) is 0. The molecule has 18 rings (SSSR count). The van der Waals surface area contributed by atoms with Gasteiger partial charge in [-0.25, -0.2) is 0 Å². The highest BCUT2D eigenvalue weighted by Gasteiger charge is 2.28. The number of fused-ring (bicyclic) bond motifs is 18. The van der Waals surface area contributed by atoms with Crippen molar-refractivity contribution in [1.82, 2.24) is 0 Å². The van der Waals surface area contributed by atoms with Crippen LogP contribution in [0.15, 0.2) is 164 Å². The van der Waals surface area contributed by atoms with E-state index < -0.39 is 0 Å². The van der Waals surface area contributed by atoms with E-state index in [0.29, 0.717) is 0 Å². The summed E-state index contributed by atoms with van der Waals surface area (Å²) in [6.07, 6.45) is 6.67. The third kappa shape index (κ3) is 12.4. The summed E-state index contributed by atoms with van der Waals surface area (Å²) < 4.78 is 0. The Kier molecular flexibility index (Phi) is 18.6. The van der Waals surface area contributed by atoms with E-state index in [1.807, 2.05) is 0 Å². The molecule has 0 saturated carbocycles. The van der Waals surface area contributed by atoms with Gasteiger partial charge in [-0.1, -0.05) is 180 Å². The van der Waals surface area contributed by atoms with Crippen LogP contribution in [-0.4, -0.2) is 0 Å². The van der Waals surface area contributed by atoms with Crippen molar-refractivity contribution in [2.24, 2.45) is 0 Å². The van der Waals surface area contributed by atoms with E-state index in [1.54, 1.807) is 5.56 Å². The first-order valence-corrected chi connectivity index (χ1v) is 36.4. The zero-order chi connectivity index (χ0) is 70.3. The Morgan fingerprint density at radius 2 is 0.545 bits per heavy atom. The molecule has 12 aromatic rings. The number of hydrogen-bond acceptors (Lipinski definition) is 0. The molecule has 12 aromatic carbocycles. The largest absolute Gasteiger partial charge is 0.0619 e. The van der Waals surface area contributed by atoms with Crippen molar-refractivity contribution >= 4 is 0 Å². The predicted octanol–water partition coefficient (Wildman–Crippen LogP) is 26.0. The van der Waals surface area contributed by atoms with Crippen molar-refractivity contribution in [3.63, 3.8) is 0 Å². The molecule has 0 amide bonds. The molecule has 99 heavy (non-hydrogen) atoms. The van der Waals surface area contributed by atoms with E-state index >= 15 is 0 Å². The van der Waals surface area contributed by atoms with Crippen molar-refractivity contribution in [2.45, 2.75) is 184 Å². The van der Waals surface area contributed by atoms with Crippen LogP contribution in [0.1, 0.15) is 184 Å². The summed E-state index contributed by atoms with van der Waals surface area (Å²) in [5.41, 5.74) is 65.7. The highest BCUT2D eigenvalue weighted by molar-refractivity contribution is 5.86. The topological polar surface area (TPSA) is 0 Å². The van der Waals surface area contributed by atoms with E-state index in [4.69, 9.17) is 0 Å². The maximum Gasteiger partial charge on any atom is -0.000810 e. The lowest BCUT2D eigenvalue weighted by atomic mass is 9.89. The number of benzene rings is 12. The van der Waals surface area contributed by atoms with Crippen molar-refractivity contribution in [3.8, 4) is 66.8 Å². The fourth-order valence-corrected chi connectivity index (χ4v) is 17.0. The number of hydrogen-bond donors (Lipinski definition) is 0. The van der Waals surface area contributed by atoms with E-state index in [9.17, 15) is 0 Å². The molecular formula is C99H102. The van der Waals surface area contributed by atoms with Gasteiger partial charge in [-0.15, -0.1) is 0 Å². The first-order valence-electron chi connectivity index (χ1n) is 36.4. The lowest BCUT2D eigenvalue weighted by Gasteiger charge is -2.16. The average Bonchev–Trinajstić information content (AvgIpc) is 1.66. The van der Waals surface area contributed by atoms with Gasteiger partial charge in [0.25, 0.3) is 0 Å². The maximum atomic E-state index is 2.37. The molecule has 0 heteroatoms. The lowest BCUT2D eigenvalue weighted by molar-refractivity contribution is 1.15. The molecule has 0 nitrogen and oxygen atoms in total. The second kappa shape index (κ2) is 27.1. The number of aryl methyl sites for hydroxylation is 10. The third-order valence-corrected chi connectivity index (χ3v) is 24.5. The Hall–Kier alpha value is -9.36. The summed E-state index contributed by atoms with van der Waals surface area (Å²) in [7, 11) is 0. The van der Waals surface area contributed by atoms with Gasteiger partial charge >= 0.3 is 0 Å². The van der Waals surface area contributed by atoms with E-state index in [-0.39, 0.29) is 0 Å². The van der Waals surface area contributed by atoms with Crippen molar-refractivity contribution in [3.05, 3.63) is 347 Å². The van der Waals surface area contributed by atoms with Crippen LogP contribution >= 0.6 is 0 Å². The Bertz CT molecular complexity index is 5280. The van der Waals surface area contributed by atoms with Crippen LogP contribution < -0.4 is 0 Å². The van der Waals surface area contributed by atoms with Crippen molar-refractivity contribution < 1.29 is 0 Å².